The molecule has 3 rings (SSSR count). The van der Waals surface area contributed by atoms with Crippen LogP contribution in [0.5, 0.6) is 0 Å². The number of hydrogen-bond acceptors (Lipinski definition) is 6. The largest absolute Gasteiger partial charge is 0.279 e. The molecule has 3 N–H and O–H groups in total. The number of hydrogen-bond donors (Lipinski definition) is 3. The number of carbonyl (C=O) groups excluding carboxylic acids is 2. The molecule has 0 saturated carbocycles. The van der Waals surface area contributed by atoms with Gasteiger partial charge in [-0.05, 0) is 63.8 Å². The highest BCUT2D eigenvalue weighted by Crippen LogP contribution is 2.27. The van der Waals surface area contributed by atoms with Gasteiger partial charge in [0.2, 0.25) is 0 Å². The van der Waals surface area contributed by atoms with Crippen LogP contribution in [0.4, 0.5) is 5.69 Å². The van der Waals surface area contributed by atoms with Gasteiger partial charge >= 0.3 is 0 Å². The molecule has 0 aliphatic heterocycles. The van der Waals surface area contributed by atoms with Gasteiger partial charge in [0.05, 0.1) is 8.66 Å². The first-order valence-electron chi connectivity index (χ1n) is 7.37. The zero-order chi connectivity index (χ0) is 19.4. The van der Waals surface area contributed by atoms with E-state index in [0.717, 1.165) is 11.3 Å². The molecule has 2 heterocycles. The number of rotatable bonds is 5. The number of benzene rings is 1. The molecule has 0 fully saturated rings. The molecule has 2 amide bonds. The molecule has 0 saturated heterocycles. The van der Waals surface area contributed by atoms with Crippen molar-refractivity contribution in [3.8, 4) is 0 Å². The molecule has 0 radical (unpaired) electrons. The van der Waals surface area contributed by atoms with Crippen LogP contribution in [0.1, 0.15) is 20.0 Å². The van der Waals surface area contributed by atoms with Crippen LogP contribution in [0.15, 0.2) is 61.9 Å². The van der Waals surface area contributed by atoms with E-state index in [4.69, 9.17) is 0 Å². The first-order valence-corrected chi connectivity index (χ1v) is 11.3. The van der Waals surface area contributed by atoms with E-state index < -0.39 is 21.8 Å². The van der Waals surface area contributed by atoms with E-state index in [1.807, 2.05) is 0 Å². The standard InChI is InChI=1S/C16H12BrN3O4S3/c17-13-7-8-14(26-13)27(23,24)20-11-5-3-10(4-6-11)15(21)18-19-16(22)12-2-1-9-25-12/h1-9,20H,(H,18,21)(H,19,22). The van der Waals surface area contributed by atoms with E-state index in [0.29, 0.717) is 14.4 Å². The van der Waals surface area contributed by atoms with Crippen molar-refractivity contribution in [3.63, 3.8) is 0 Å². The minimum atomic E-state index is -3.69. The van der Waals surface area contributed by atoms with Gasteiger partial charge in [-0.3, -0.25) is 25.2 Å². The number of amides is 2. The van der Waals surface area contributed by atoms with E-state index in [1.54, 1.807) is 23.6 Å². The van der Waals surface area contributed by atoms with E-state index in [-0.39, 0.29) is 9.77 Å². The maximum absolute atomic E-state index is 12.3. The molecule has 3 aromatic rings. The Morgan fingerprint density at radius 1 is 0.926 bits per heavy atom. The third-order valence-corrected chi connectivity index (χ3v) is 7.61. The Bertz CT molecular complexity index is 1060. The third kappa shape index (κ3) is 4.95. The van der Waals surface area contributed by atoms with E-state index >= 15 is 0 Å². The third-order valence-electron chi connectivity index (χ3n) is 3.25. The number of anilines is 1. The lowest BCUT2D eigenvalue weighted by atomic mass is 10.2. The molecule has 0 aliphatic rings. The van der Waals surface area contributed by atoms with Crippen LogP contribution in [0.3, 0.4) is 0 Å². The fraction of sp³-hybridized carbons (Fsp3) is 0. The summed E-state index contributed by atoms with van der Waals surface area (Å²) in [4.78, 5) is 24.3. The zero-order valence-electron chi connectivity index (χ0n) is 13.4. The predicted molar refractivity (Wildman–Crippen MR) is 109 cm³/mol. The number of nitrogens with one attached hydrogen (secondary N) is 3. The van der Waals surface area contributed by atoms with E-state index in [9.17, 15) is 18.0 Å². The second kappa shape index (κ2) is 8.21. The molecular weight excluding hydrogens is 474 g/mol. The van der Waals surface area contributed by atoms with Gasteiger partial charge in [-0.2, -0.15) is 0 Å². The number of thiophene rings is 2. The van der Waals surface area contributed by atoms with Crippen LogP contribution < -0.4 is 15.6 Å². The second-order valence-corrected chi connectivity index (χ2v) is 10.4. The van der Waals surface area contributed by atoms with Crippen LogP contribution >= 0.6 is 38.6 Å². The fourth-order valence-electron chi connectivity index (χ4n) is 1.99. The average molecular weight is 486 g/mol. The Morgan fingerprint density at radius 3 is 2.22 bits per heavy atom. The van der Waals surface area contributed by atoms with Crippen molar-refractivity contribution >= 4 is 66.1 Å². The Balaban J connectivity index is 1.61. The minimum absolute atomic E-state index is 0.174. The van der Waals surface area contributed by atoms with Crippen molar-refractivity contribution in [3.05, 3.63) is 68.1 Å². The zero-order valence-corrected chi connectivity index (χ0v) is 17.5. The highest BCUT2D eigenvalue weighted by atomic mass is 79.9. The van der Waals surface area contributed by atoms with Crippen LogP contribution in [0, 0.1) is 0 Å². The predicted octanol–water partition coefficient (Wildman–Crippen LogP) is 3.45. The first kappa shape index (κ1) is 19.5. The van der Waals surface area contributed by atoms with E-state index in [2.05, 4.69) is 31.5 Å². The number of halogens is 1. The minimum Gasteiger partial charge on any atom is -0.279 e. The summed E-state index contributed by atoms with van der Waals surface area (Å²) in [5.74, 6) is -0.929. The molecule has 7 nitrogen and oxygen atoms in total. The summed E-state index contributed by atoms with van der Waals surface area (Å²) in [6.07, 6.45) is 0. The van der Waals surface area contributed by atoms with Crippen molar-refractivity contribution < 1.29 is 18.0 Å². The molecule has 0 spiro atoms. The van der Waals surface area contributed by atoms with Crippen LogP contribution in [0.25, 0.3) is 0 Å². The molecule has 0 bridgehead atoms. The smallest absolute Gasteiger partial charge is 0.279 e. The van der Waals surface area contributed by atoms with Gasteiger partial charge in [-0.15, -0.1) is 22.7 Å². The molecule has 11 heteroatoms. The summed E-state index contributed by atoms with van der Waals surface area (Å²) >= 11 is 5.57. The topological polar surface area (TPSA) is 104 Å². The molecule has 140 valence electrons. The molecule has 27 heavy (non-hydrogen) atoms. The van der Waals surface area contributed by atoms with Crippen LogP contribution in [-0.2, 0) is 10.0 Å². The van der Waals surface area contributed by atoms with Gasteiger partial charge in [0.25, 0.3) is 21.8 Å². The van der Waals surface area contributed by atoms with Crippen molar-refractivity contribution in [2.75, 3.05) is 4.72 Å². The Kier molecular flexibility index (Phi) is 5.95. The first-order chi connectivity index (χ1) is 12.8. The lowest BCUT2D eigenvalue weighted by Gasteiger charge is -2.08. The SMILES string of the molecule is O=C(NNC(=O)c1cccs1)c1ccc(NS(=O)(=O)c2ccc(Br)s2)cc1. The molecule has 1 aromatic carbocycles. The Morgan fingerprint density at radius 2 is 1.63 bits per heavy atom. The molecular formula is C16H12BrN3O4S3. The highest BCUT2D eigenvalue weighted by molar-refractivity contribution is 9.11. The lowest BCUT2D eigenvalue weighted by molar-refractivity contribution is 0.0849. The summed E-state index contributed by atoms with van der Waals surface area (Å²) in [5, 5.41) is 1.76. The summed E-state index contributed by atoms with van der Waals surface area (Å²) in [6.45, 7) is 0. The maximum atomic E-state index is 12.3. The molecule has 0 atom stereocenters. The van der Waals surface area contributed by atoms with Crippen molar-refractivity contribution in [1.29, 1.82) is 0 Å². The summed E-state index contributed by atoms with van der Waals surface area (Å²) < 4.78 is 27.9. The maximum Gasteiger partial charge on any atom is 0.279 e. The van der Waals surface area contributed by atoms with Gasteiger partial charge in [-0.25, -0.2) is 8.42 Å². The monoisotopic (exact) mass is 485 g/mol. The summed E-state index contributed by atoms with van der Waals surface area (Å²) in [7, 11) is -3.69. The summed E-state index contributed by atoms with van der Waals surface area (Å²) in [6, 6.07) is 12.4. The molecule has 0 unspecified atom stereocenters. The van der Waals surface area contributed by atoms with Crippen LogP contribution in [0.2, 0.25) is 0 Å². The van der Waals surface area contributed by atoms with Gasteiger partial charge in [0, 0.05) is 11.3 Å². The molecule has 0 aliphatic carbocycles. The number of carbonyl (C=O) groups is 2. The normalized spacial score (nSPS) is 11.0. The summed E-state index contributed by atoms with van der Waals surface area (Å²) in [5.41, 5.74) is 5.21. The van der Waals surface area contributed by atoms with Gasteiger partial charge in [0.15, 0.2) is 0 Å². The van der Waals surface area contributed by atoms with Gasteiger partial charge < -0.3 is 0 Å². The second-order valence-electron chi connectivity index (χ2n) is 5.13. The number of hydrazine groups is 1. The Labute approximate surface area is 171 Å². The quantitative estimate of drug-likeness (QED) is 0.481. The van der Waals surface area contributed by atoms with Crippen molar-refractivity contribution in [2.24, 2.45) is 0 Å². The molecule has 2 aromatic heterocycles. The van der Waals surface area contributed by atoms with Gasteiger partial charge in [-0.1, -0.05) is 6.07 Å². The Hall–Kier alpha value is -2.21. The van der Waals surface area contributed by atoms with E-state index in [1.165, 1.54) is 41.7 Å². The lowest BCUT2D eigenvalue weighted by Crippen LogP contribution is -2.41. The highest BCUT2D eigenvalue weighted by Gasteiger charge is 2.17. The van der Waals surface area contributed by atoms with Crippen LogP contribution in [-0.4, -0.2) is 20.2 Å². The fourth-order valence-corrected chi connectivity index (χ4v) is 5.68. The van der Waals surface area contributed by atoms with Crippen molar-refractivity contribution in [1.82, 2.24) is 10.9 Å². The average Bonchev–Trinajstić information content (AvgIpc) is 3.31. The van der Waals surface area contributed by atoms with Gasteiger partial charge in [0.1, 0.15) is 4.21 Å². The number of sulfonamides is 1. The van der Waals surface area contributed by atoms with Crippen molar-refractivity contribution in [2.45, 2.75) is 4.21 Å².